The molecule has 0 saturated carbocycles. The molecule has 140 valence electrons. The van der Waals surface area contributed by atoms with Crippen LogP contribution in [0.15, 0.2) is 43.0 Å². The molecule has 1 aliphatic rings. The van der Waals surface area contributed by atoms with Crippen molar-refractivity contribution in [1.29, 1.82) is 0 Å². The van der Waals surface area contributed by atoms with Crippen molar-refractivity contribution in [3.05, 3.63) is 54.1 Å². The molecule has 1 atom stereocenters. The van der Waals surface area contributed by atoms with Crippen LogP contribution >= 0.6 is 0 Å². The average molecular weight is 354 g/mol. The molecule has 1 N–H and O–H groups in total. The van der Waals surface area contributed by atoms with Gasteiger partial charge in [-0.05, 0) is 57.3 Å². The maximum absolute atomic E-state index is 5.99. The lowest BCUT2D eigenvalue weighted by Crippen LogP contribution is -2.37. The molecule has 26 heavy (non-hydrogen) atoms. The maximum Gasteiger partial charge on any atom is 0.122 e. The predicted octanol–water partition coefficient (Wildman–Crippen LogP) is 3.20. The van der Waals surface area contributed by atoms with Gasteiger partial charge in [0.25, 0.3) is 0 Å². The monoisotopic (exact) mass is 354 g/mol. The van der Waals surface area contributed by atoms with Gasteiger partial charge in [0, 0.05) is 37.1 Å². The van der Waals surface area contributed by atoms with Gasteiger partial charge in [-0.25, -0.2) is 9.97 Å². The second-order valence-corrected chi connectivity index (χ2v) is 7.02. The van der Waals surface area contributed by atoms with Gasteiger partial charge in [-0.2, -0.15) is 0 Å². The maximum atomic E-state index is 5.99. The summed E-state index contributed by atoms with van der Waals surface area (Å²) in [6.45, 7) is 7.02. The third-order valence-electron chi connectivity index (χ3n) is 5.00. The fourth-order valence-corrected chi connectivity index (χ4v) is 3.57. The van der Waals surface area contributed by atoms with Gasteiger partial charge >= 0.3 is 0 Å². The minimum absolute atomic E-state index is 0.615. The molecule has 0 aliphatic carbocycles. The van der Waals surface area contributed by atoms with E-state index in [4.69, 9.17) is 4.74 Å². The molecule has 5 nitrogen and oxygen atoms in total. The van der Waals surface area contributed by atoms with E-state index < -0.39 is 0 Å². The molecule has 1 fully saturated rings. The van der Waals surface area contributed by atoms with Crippen LogP contribution in [0.1, 0.15) is 36.8 Å². The first-order valence-corrected chi connectivity index (χ1v) is 9.70. The van der Waals surface area contributed by atoms with Crippen LogP contribution in [-0.4, -0.2) is 47.2 Å². The zero-order chi connectivity index (χ0) is 18.0. The topological polar surface area (TPSA) is 50.3 Å². The smallest absolute Gasteiger partial charge is 0.122 e. The first-order chi connectivity index (χ1) is 12.8. The summed E-state index contributed by atoms with van der Waals surface area (Å²) in [6.07, 6.45) is 10.2. The molecular formula is C21H30N4O. The average Bonchev–Trinajstić information content (AvgIpc) is 2.96. The molecule has 3 rings (SSSR count). The minimum Gasteiger partial charge on any atom is -0.493 e. The molecule has 2 heterocycles. The van der Waals surface area contributed by atoms with Gasteiger partial charge in [-0.3, -0.25) is 4.90 Å². The van der Waals surface area contributed by atoms with E-state index in [-0.39, 0.29) is 0 Å². The standard InChI is InChI=1S/C21H30N4O/c1-18-6-2-3-8-21(18)26-13-5-12-25(16-19-14-23-17-24-15-19)20-7-4-10-22-11-9-20/h2-3,6,8,14-15,17,20,22H,4-5,7,9-13,16H2,1H3. The van der Waals surface area contributed by atoms with E-state index >= 15 is 0 Å². The Labute approximate surface area is 156 Å². The number of aryl methyl sites for hydroxylation is 1. The van der Waals surface area contributed by atoms with Gasteiger partial charge < -0.3 is 10.1 Å². The van der Waals surface area contributed by atoms with Crippen molar-refractivity contribution in [2.24, 2.45) is 0 Å². The summed E-state index contributed by atoms with van der Waals surface area (Å²) >= 11 is 0. The fourth-order valence-electron chi connectivity index (χ4n) is 3.57. The lowest BCUT2D eigenvalue weighted by Gasteiger charge is -2.31. The van der Waals surface area contributed by atoms with Crippen LogP contribution in [0.5, 0.6) is 5.75 Å². The van der Waals surface area contributed by atoms with Gasteiger partial charge in [0.15, 0.2) is 0 Å². The summed E-state index contributed by atoms with van der Waals surface area (Å²) in [5, 5.41) is 3.51. The number of rotatable bonds is 8. The summed E-state index contributed by atoms with van der Waals surface area (Å²) in [7, 11) is 0. The van der Waals surface area contributed by atoms with Crippen molar-refractivity contribution in [3.63, 3.8) is 0 Å². The number of hydrogen-bond donors (Lipinski definition) is 1. The molecule has 0 bridgehead atoms. The van der Waals surface area contributed by atoms with Gasteiger partial charge in [0.05, 0.1) is 6.61 Å². The van der Waals surface area contributed by atoms with Gasteiger partial charge in [0.1, 0.15) is 12.1 Å². The number of ether oxygens (including phenoxy) is 1. The van der Waals surface area contributed by atoms with Gasteiger partial charge in [0.2, 0.25) is 0 Å². The van der Waals surface area contributed by atoms with Crippen LogP contribution < -0.4 is 10.1 Å². The minimum atomic E-state index is 0.615. The van der Waals surface area contributed by atoms with Crippen LogP contribution in [0, 0.1) is 6.92 Å². The first kappa shape index (κ1) is 18.8. The molecule has 1 aliphatic heterocycles. The van der Waals surface area contributed by atoms with Gasteiger partial charge in [-0.1, -0.05) is 18.2 Å². The van der Waals surface area contributed by atoms with Crippen molar-refractivity contribution < 1.29 is 4.74 Å². The summed E-state index contributed by atoms with van der Waals surface area (Å²) in [4.78, 5) is 10.9. The van der Waals surface area contributed by atoms with Crippen molar-refractivity contribution in [1.82, 2.24) is 20.2 Å². The summed E-state index contributed by atoms with van der Waals surface area (Å²) in [5.41, 5.74) is 2.38. The highest BCUT2D eigenvalue weighted by molar-refractivity contribution is 5.31. The molecule has 1 aromatic carbocycles. The van der Waals surface area contributed by atoms with Crippen LogP contribution in [0.25, 0.3) is 0 Å². The lowest BCUT2D eigenvalue weighted by atomic mass is 10.1. The largest absolute Gasteiger partial charge is 0.493 e. The second kappa shape index (κ2) is 10.2. The fraction of sp³-hybridized carbons (Fsp3) is 0.524. The highest BCUT2D eigenvalue weighted by atomic mass is 16.5. The van der Waals surface area contributed by atoms with Crippen molar-refractivity contribution in [2.75, 3.05) is 26.2 Å². The first-order valence-electron chi connectivity index (χ1n) is 9.70. The van der Waals surface area contributed by atoms with Gasteiger partial charge in [-0.15, -0.1) is 0 Å². The zero-order valence-electron chi connectivity index (χ0n) is 15.7. The summed E-state index contributed by atoms with van der Waals surface area (Å²) in [6, 6.07) is 8.83. The Bertz CT molecular complexity index is 641. The molecule has 5 heteroatoms. The van der Waals surface area contributed by atoms with E-state index in [9.17, 15) is 0 Å². The van der Waals surface area contributed by atoms with E-state index in [0.29, 0.717) is 6.04 Å². The molecule has 2 aromatic rings. The van der Waals surface area contributed by atoms with Crippen LogP contribution in [-0.2, 0) is 6.54 Å². The molecule has 0 radical (unpaired) electrons. The van der Waals surface area contributed by atoms with E-state index in [1.807, 2.05) is 30.6 Å². The number of hydrogen-bond acceptors (Lipinski definition) is 5. The van der Waals surface area contributed by atoms with Crippen molar-refractivity contribution >= 4 is 0 Å². The number of para-hydroxylation sites is 1. The highest BCUT2D eigenvalue weighted by Gasteiger charge is 2.20. The van der Waals surface area contributed by atoms with E-state index in [2.05, 4.69) is 33.2 Å². The van der Waals surface area contributed by atoms with Crippen molar-refractivity contribution in [3.8, 4) is 5.75 Å². The normalized spacial score (nSPS) is 17.8. The predicted molar refractivity (Wildman–Crippen MR) is 104 cm³/mol. The number of nitrogens with zero attached hydrogens (tertiary/aromatic N) is 3. The van der Waals surface area contributed by atoms with Crippen LogP contribution in [0.2, 0.25) is 0 Å². The van der Waals surface area contributed by atoms with E-state index in [1.54, 1.807) is 6.33 Å². The number of aromatic nitrogens is 2. The Kier molecular flexibility index (Phi) is 7.40. The Hall–Kier alpha value is -1.98. The van der Waals surface area contributed by atoms with Crippen molar-refractivity contribution in [2.45, 2.75) is 45.2 Å². The third kappa shape index (κ3) is 5.78. The van der Waals surface area contributed by atoms with E-state index in [0.717, 1.165) is 45.0 Å². The third-order valence-corrected chi connectivity index (χ3v) is 5.00. The Morgan fingerprint density at radius 3 is 2.85 bits per heavy atom. The Balaban J connectivity index is 1.55. The number of nitrogens with one attached hydrogen (secondary N) is 1. The second-order valence-electron chi connectivity index (χ2n) is 7.02. The Morgan fingerprint density at radius 1 is 1.15 bits per heavy atom. The molecule has 1 saturated heterocycles. The molecule has 1 unspecified atom stereocenters. The SMILES string of the molecule is Cc1ccccc1OCCCN(Cc1cncnc1)C1CCCNCC1. The zero-order valence-corrected chi connectivity index (χ0v) is 15.7. The quantitative estimate of drug-likeness (QED) is 0.738. The Morgan fingerprint density at radius 2 is 2.00 bits per heavy atom. The van der Waals surface area contributed by atoms with Crippen LogP contribution in [0.4, 0.5) is 0 Å². The molecule has 0 spiro atoms. The molecule has 1 aromatic heterocycles. The van der Waals surface area contributed by atoms with Crippen LogP contribution in [0.3, 0.4) is 0 Å². The molecule has 0 amide bonds. The summed E-state index contributed by atoms with van der Waals surface area (Å²) < 4.78 is 5.99. The highest BCUT2D eigenvalue weighted by Crippen LogP contribution is 2.18. The summed E-state index contributed by atoms with van der Waals surface area (Å²) in [5.74, 6) is 0.995. The lowest BCUT2D eigenvalue weighted by molar-refractivity contribution is 0.158. The van der Waals surface area contributed by atoms with E-state index in [1.165, 1.54) is 30.4 Å². The number of benzene rings is 1. The molecular weight excluding hydrogens is 324 g/mol.